The van der Waals surface area contributed by atoms with E-state index >= 15 is 0 Å². The van der Waals surface area contributed by atoms with E-state index < -0.39 is 12.1 Å². The van der Waals surface area contributed by atoms with Gasteiger partial charge in [0, 0.05) is 6.08 Å². The van der Waals surface area contributed by atoms with E-state index in [0.29, 0.717) is 6.42 Å². The molecule has 0 aromatic carbocycles. The molecular weight excluding hydrogens is 220 g/mol. The molecule has 100 valence electrons. The van der Waals surface area contributed by atoms with Crippen molar-refractivity contribution in [3.05, 3.63) is 12.2 Å². The largest absolute Gasteiger partial charge is 0.460 e. The summed E-state index contributed by atoms with van der Waals surface area (Å²) >= 11 is 0. The first-order valence-corrected chi connectivity index (χ1v) is 6.29. The van der Waals surface area contributed by atoms with Gasteiger partial charge in [-0.15, -0.1) is 0 Å². The zero-order valence-electron chi connectivity index (χ0n) is 11.0. The molecule has 0 aliphatic rings. The highest BCUT2D eigenvalue weighted by Crippen LogP contribution is 2.08. The van der Waals surface area contributed by atoms with Crippen molar-refractivity contribution in [1.82, 2.24) is 0 Å². The van der Waals surface area contributed by atoms with Crippen molar-refractivity contribution < 1.29 is 19.7 Å². The quantitative estimate of drug-likeness (QED) is 0.222. The summed E-state index contributed by atoms with van der Waals surface area (Å²) in [6, 6.07) is 0. The van der Waals surface area contributed by atoms with E-state index in [9.17, 15) is 4.79 Å². The Bertz CT molecular complexity index is 223. The van der Waals surface area contributed by atoms with E-state index in [4.69, 9.17) is 9.99 Å². The molecule has 0 aliphatic heterocycles. The van der Waals surface area contributed by atoms with Crippen molar-refractivity contribution in [2.75, 3.05) is 0 Å². The summed E-state index contributed by atoms with van der Waals surface area (Å²) in [4.78, 5) is 15.5. The molecule has 1 unspecified atom stereocenters. The third kappa shape index (κ3) is 10.0. The number of esters is 1. The SMILES string of the molecule is CCCCCCC(C=CC(=O)OC(C)C)OO. The third-order valence-electron chi connectivity index (χ3n) is 2.28. The second-order valence-electron chi connectivity index (χ2n) is 4.34. The van der Waals surface area contributed by atoms with Crippen molar-refractivity contribution in [3.8, 4) is 0 Å². The second kappa shape index (κ2) is 10.3. The van der Waals surface area contributed by atoms with Crippen LogP contribution in [0.4, 0.5) is 0 Å². The van der Waals surface area contributed by atoms with Crippen LogP contribution in [0.3, 0.4) is 0 Å². The molecule has 0 saturated heterocycles. The van der Waals surface area contributed by atoms with Crippen LogP contribution >= 0.6 is 0 Å². The lowest BCUT2D eigenvalue weighted by molar-refractivity contribution is -0.267. The Labute approximate surface area is 104 Å². The van der Waals surface area contributed by atoms with Gasteiger partial charge in [0.1, 0.15) is 6.10 Å². The Morgan fingerprint density at radius 3 is 2.53 bits per heavy atom. The Kier molecular flexibility index (Phi) is 9.77. The predicted molar refractivity (Wildman–Crippen MR) is 66.6 cm³/mol. The first kappa shape index (κ1) is 16.1. The molecule has 0 fully saturated rings. The number of carbonyl (C=O) groups is 1. The maximum absolute atomic E-state index is 11.2. The summed E-state index contributed by atoms with van der Waals surface area (Å²) in [5.41, 5.74) is 0. The molecule has 0 aromatic heterocycles. The van der Waals surface area contributed by atoms with Gasteiger partial charge in [-0.05, 0) is 26.3 Å². The van der Waals surface area contributed by atoms with Gasteiger partial charge in [0.15, 0.2) is 0 Å². The van der Waals surface area contributed by atoms with Crippen LogP contribution in [0, 0.1) is 0 Å². The highest BCUT2D eigenvalue weighted by Gasteiger charge is 2.06. The van der Waals surface area contributed by atoms with Crippen LogP contribution in [0.15, 0.2) is 12.2 Å². The monoisotopic (exact) mass is 244 g/mol. The number of unbranched alkanes of at least 4 members (excludes halogenated alkanes) is 3. The molecule has 0 spiro atoms. The molecule has 0 rings (SSSR count). The van der Waals surface area contributed by atoms with E-state index in [1.54, 1.807) is 13.8 Å². The van der Waals surface area contributed by atoms with Gasteiger partial charge >= 0.3 is 5.97 Å². The molecule has 0 aromatic rings. The number of hydrogen-bond donors (Lipinski definition) is 1. The topological polar surface area (TPSA) is 55.8 Å². The summed E-state index contributed by atoms with van der Waals surface area (Å²) in [5.74, 6) is -0.407. The van der Waals surface area contributed by atoms with Gasteiger partial charge in [0.2, 0.25) is 0 Å². The van der Waals surface area contributed by atoms with Gasteiger partial charge in [-0.25, -0.2) is 9.68 Å². The van der Waals surface area contributed by atoms with Gasteiger partial charge < -0.3 is 4.74 Å². The maximum Gasteiger partial charge on any atom is 0.330 e. The van der Waals surface area contributed by atoms with Crippen LogP contribution in [0.2, 0.25) is 0 Å². The molecule has 1 atom stereocenters. The molecule has 4 nitrogen and oxygen atoms in total. The lowest BCUT2D eigenvalue weighted by Crippen LogP contribution is -2.11. The minimum Gasteiger partial charge on any atom is -0.460 e. The maximum atomic E-state index is 11.2. The molecule has 0 heterocycles. The Balaban J connectivity index is 3.86. The third-order valence-corrected chi connectivity index (χ3v) is 2.28. The van der Waals surface area contributed by atoms with Crippen molar-refractivity contribution in [2.45, 2.75) is 65.1 Å². The molecular formula is C13H24O4. The average molecular weight is 244 g/mol. The Hall–Kier alpha value is -0.870. The number of carbonyl (C=O) groups excluding carboxylic acids is 1. The van der Waals surface area contributed by atoms with Gasteiger partial charge in [-0.2, -0.15) is 0 Å². The fourth-order valence-electron chi connectivity index (χ4n) is 1.41. The van der Waals surface area contributed by atoms with Crippen LogP contribution in [0.25, 0.3) is 0 Å². The smallest absolute Gasteiger partial charge is 0.330 e. The van der Waals surface area contributed by atoms with E-state index in [1.807, 2.05) is 0 Å². The molecule has 0 aliphatic carbocycles. The van der Waals surface area contributed by atoms with E-state index in [1.165, 1.54) is 25.0 Å². The van der Waals surface area contributed by atoms with E-state index in [2.05, 4.69) is 11.8 Å². The van der Waals surface area contributed by atoms with Crippen LogP contribution < -0.4 is 0 Å². The standard InChI is InChI=1S/C13H24O4/c1-4-5-6-7-8-12(17-15)9-10-13(14)16-11(2)3/h9-12,15H,4-8H2,1-3H3. The number of hydrogen-bond acceptors (Lipinski definition) is 4. The molecule has 1 N–H and O–H groups in total. The first-order valence-electron chi connectivity index (χ1n) is 6.29. The fraction of sp³-hybridized carbons (Fsp3) is 0.769. The summed E-state index contributed by atoms with van der Waals surface area (Å²) in [5, 5.41) is 8.67. The summed E-state index contributed by atoms with van der Waals surface area (Å²) < 4.78 is 4.93. The average Bonchev–Trinajstić information content (AvgIpc) is 2.27. The number of ether oxygens (including phenoxy) is 1. The highest BCUT2D eigenvalue weighted by atomic mass is 17.1. The zero-order valence-corrected chi connectivity index (χ0v) is 11.0. The van der Waals surface area contributed by atoms with Crippen LogP contribution in [-0.2, 0) is 14.4 Å². The van der Waals surface area contributed by atoms with Gasteiger partial charge in [-0.3, -0.25) is 5.26 Å². The molecule has 17 heavy (non-hydrogen) atoms. The highest BCUT2D eigenvalue weighted by molar-refractivity contribution is 5.82. The van der Waals surface area contributed by atoms with E-state index in [-0.39, 0.29) is 6.10 Å². The summed E-state index contributed by atoms with van der Waals surface area (Å²) in [6.07, 6.45) is 7.43. The Morgan fingerprint density at radius 2 is 2.00 bits per heavy atom. The molecule has 4 heteroatoms. The predicted octanol–water partition coefficient (Wildman–Crippen LogP) is 3.32. The van der Waals surface area contributed by atoms with Gasteiger partial charge in [-0.1, -0.05) is 32.6 Å². The minimum absolute atomic E-state index is 0.134. The van der Waals surface area contributed by atoms with Gasteiger partial charge in [0.25, 0.3) is 0 Å². The minimum atomic E-state index is -0.424. The zero-order chi connectivity index (χ0) is 13.1. The van der Waals surface area contributed by atoms with Crippen molar-refractivity contribution in [3.63, 3.8) is 0 Å². The number of rotatable bonds is 9. The Morgan fingerprint density at radius 1 is 1.29 bits per heavy atom. The van der Waals surface area contributed by atoms with Crippen molar-refractivity contribution in [1.29, 1.82) is 0 Å². The van der Waals surface area contributed by atoms with Crippen molar-refractivity contribution in [2.24, 2.45) is 0 Å². The van der Waals surface area contributed by atoms with Gasteiger partial charge in [0.05, 0.1) is 6.10 Å². The molecule has 0 radical (unpaired) electrons. The molecule has 0 saturated carbocycles. The lowest BCUT2D eigenvalue weighted by atomic mass is 10.1. The first-order chi connectivity index (χ1) is 8.10. The summed E-state index contributed by atoms with van der Waals surface area (Å²) in [7, 11) is 0. The molecule has 0 bridgehead atoms. The van der Waals surface area contributed by atoms with E-state index in [0.717, 1.165) is 12.8 Å². The molecule has 0 amide bonds. The van der Waals surface area contributed by atoms with Crippen LogP contribution in [0.5, 0.6) is 0 Å². The van der Waals surface area contributed by atoms with Crippen molar-refractivity contribution >= 4 is 5.97 Å². The normalized spacial score (nSPS) is 13.2. The van der Waals surface area contributed by atoms with Crippen LogP contribution in [-0.4, -0.2) is 23.4 Å². The fourth-order valence-corrected chi connectivity index (χ4v) is 1.41. The second-order valence-corrected chi connectivity index (χ2v) is 4.34. The van der Waals surface area contributed by atoms with Crippen LogP contribution in [0.1, 0.15) is 52.9 Å². The lowest BCUT2D eigenvalue weighted by Gasteiger charge is -2.08. The summed E-state index contributed by atoms with van der Waals surface area (Å²) in [6.45, 7) is 5.72.